The van der Waals surface area contributed by atoms with E-state index in [0.717, 1.165) is 53.7 Å². The predicted octanol–water partition coefficient (Wildman–Crippen LogP) is 5.48. The molecule has 0 atom stereocenters. The molecule has 0 unspecified atom stereocenters. The van der Waals surface area contributed by atoms with Crippen molar-refractivity contribution < 1.29 is 14.3 Å². The van der Waals surface area contributed by atoms with Gasteiger partial charge in [0.1, 0.15) is 30.5 Å². The summed E-state index contributed by atoms with van der Waals surface area (Å²) in [7, 11) is 0. The topological polar surface area (TPSA) is 92.4 Å². The van der Waals surface area contributed by atoms with Gasteiger partial charge in [0.25, 0.3) is 5.91 Å². The smallest absolute Gasteiger partial charge is 0.255 e. The fourth-order valence-corrected chi connectivity index (χ4v) is 4.48. The van der Waals surface area contributed by atoms with Gasteiger partial charge in [0, 0.05) is 48.0 Å². The first-order valence-corrected chi connectivity index (χ1v) is 13.1. The largest absolute Gasteiger partial charge is 0.492 e. The normalized spacial score (nSPS) is 13.7. The fraction of sp³-hybridized carbons (Fsp3) is 0.300. The van der Waals surface area contributed by atoms with Crippen LogP contribution in [0.4, 0.5) is 5.69 Å². The summed E-state index contributed by atoms with van der Waals surface area (Å²) in [5, 5.41) is 3.00. The van der Waals surface area contributed by atoms with E-state index in [9.17, 15) is 4.79 Å². The van der Waals surface area contributed by atoms with Gasteiger partial charge in [-0.15, -0.1) is 0 Å². The Morgan fingerprint density at radius 2 is 1.79 bits per heavy atom. The molecule has 5 rings (SSSR count). The SMILES string of the molecule is Cc1ccc(-c2ncc[nH]2)cc1NC(=O)c1ccc(OCc2cc(OCCN3CCCCC3)ccn2)cc1. The quantitative estimate of drug-likeness (QED) is 0.293. The number of aromatic amines is 1. The Balaban J connectivity index is 1.12. The van der Waals surface area contributed by atoms with Crippen molar-refractivity contribution in [1.82, 2.24) is 19.9 Å². The number of H-pyrrole nitrogens is 1. The molecular weight excluding hydrogens is 478 g/mol. The zero-order chi connectivity index (χ0) is 26.2. The molecule has 196 valence electrons. The second-order valence-electron chi connectivity index (χ2n) is 9.47. The molecule has 2 aromatic carbocycles. The first-order chi connectivity index (χ1) is 18.6. The number of imidazole rings is 1. The van der Waals surface area contributed by atoms with Crippen molar-refractivity contribution in [2.45, 2.75) is 32.8 Å². The van der Waals surface area contributed by atoms with E-state index in [0.29, 0.717) is 24.5 Å². The van der Waals surface area contributed by atoms with Crippen molar-refractivity contribution in [3.05, 3.63) is 90.0 Å². The van der Waals surface area contributed by atoms with Crippen LogP contribution in [-0.4, -0.2) is 52.0 Å². The molecule has 1 fully saturated rings. The second kappa shape index (κ2) is 12.4. The molecule has 2 N–H and O–H groups in total. The second-order valence-corrected chi connectivity index (χ2v) is 9.47. The summed E-state index contributed by atoms with van der Waals surface area (Å²) >= 11 is 0. The first-order valence-electron chi connectivity index (χ1n) is 13.1. The molecule has 0 spiro atoms. The lowest BCUT2D eigenvalue weighted by atomic mass is 10.1. The van der Waals surface area contributed by atoms with Gasteiger partial charge in [0.2, 0.25) is 0 Å². The average molecular weight is 512 g/mol. The predicted molar refractivity (Wildman–Crippen MR) is 148 cm³/mol. The number of nitrogens with zero attached hydrogens (tertiary/aromatic N) is 3. The van der Waals surface area contributed by atoms with Crippen LogP contribution < -0.4 is 14.8 Å². The number of likely N-dealkylation sites (tertiary alicyclic amines) is 1. The van der Waals surface area contributed by atoms with Gasteiger partial charge in [-0.2, -0.15) is 0 Å². The molecule has 8 heteroatoms. The van der Waals surface area contributed by atoms with Gasteiger partial charge >= 0.3 is 0 Å². The Kier molecular flexibility index (Phi) is 8.30. The summed E-state index contributed by atoms with van der Waals surface area (Å²) < 4.78 is 11.8. The van der Waals surface area contributed by atoms with Crippen LogP contribution in [0.5, 0.6) is 11.5 Å². The Bertz CT molecular complexity index is 1330. The van der Waals surface area contributed by atoms with Crippen LogP contribution in [0.25, 0.3) is 11.4 Å². The van der Waals surface area contributed by atoms with Crippen molar-refractivity contribution in [3.63, 3.8) is 0 Å². The van der Waals surface area contributed by atoms with Gasteiger partial charge in [0.15, 0.2) is 0 Å². The van der Waals surface area contributed by atoms with E-state index in [1.807, 2.05) is 37.3 Å². The van der Waals surface area contributed by atoms with E-state index in [2.05, 4.69) is 25.2 Å². The Hall–Kier alpha value is -4.17. The van der Waals surface area contributed by atoms with Crippen LogP contribution >= 0.6 is 0 Å². The standard InChI is InChI=1S/C30H33N5O3/c1-22-5-6-24(29-32-13-14-33-29)19-28(22)34-30(36)23-7-9-26(10-8-23)38-21-25-20-27(11-12-31-25)37-18-17-35-15-3-2-4-16-35/h5-14,19-20H,2-4,15-18,21H2,1H3,(H,32,33)(H,34,36). The highest BCUT2D eigenvalue weighted by molar-refractivity contribution is 6.05. The molecular formula is C30H33N5O3. The number of ether oxygens (including phenoxy) is 2. The van der Waals surface area contributed by atoms with E-state index < -0.39 is 0 Å². The molecule has 3 heterocycles. The number of pyridine rings is 1. The number of carbonyl (C=O) groups is 1. The number of nitrogens with one attached hydrogen (secondary N) is 2. The molecule has 0 saturated carbocycles. The molecule has 8 nitrogen and oxygen atoms in total. The van der Waals surface area contributed by atoms with Crippen LogP contribution in [0.2, 0.25) is 0 Å². The lowest BCUT2D eigenvalue weighted by Gasteiger charge is -2.26. The van der Waals surface area contributed by atoms with E-state index >= 15 is 0 Å². The highest BCUT2D eigenvalue weighted by atomic mass is 16.5. The van der Waals surface area contributed by atoms with Crippen molar-refractivity contribution in [2.24, 2.45) is 0 Å². The number of hydrogen-bond acceptors (Lipinski definition) is 6. The molecule has 1 saturated heterocycles. The number of benzene rings is 2. The van der Waals surface area contributed by atoms with Gasteiger partial charge in [-0.3, -0.25) is 14.7 Å². The van der Waals surface area contributed by atoms with Gasteiger partial charge < -0.3 is 19.8 Å². The minimum Gasteiger partial charge on any atom is -0.492 e. The summed E-state index contributed by atoms with van der Waals surface area (Å²) in [6.07, 6.45) is 9.11. The van der Waals surface area contributed by atoms with Crippen molar-refractivity contribution >= 4 is 11.6 Å². The van der Waals surface area contributed by atoms with Crippen molar-refractivity contribution in [1.29, 1.82) is 0 Å². The number of rotatable bonds is 10. The lowest BCUT2D eigenvalue weighted by molar-refractivity contribution is 0.102. The van der Waals surface area contributed by atoms with E-state index in [-0.39, 0.29) is 5.91 Å². The third kappa shape index (κ3) is 6.77. The zero-order valence-corrected chi connectivity index (χ0v) is 21.7. The molecule has 1 aliphatic heterocycles. The zero-order valence-electron chi connectivity index (χ0n) is 21.7. The van der Waals surface area contributed by atoms with Crippen molar-refractivity contribution in [3.8, 4) is 22.9 Å². The van der Waals surface area contributed by atoms with E-state index in [4.69, 9.17) is 9.47 Å². The Morgan fingerprint density at radius 3 is 2.58 bits per heavy atom. The summed E-state index contributed by atoms with van der Waals surface area (Å²) in [4.78, 5) is 27.1. The summed E-state index contributed by atoms with van der Waals surface area (Å²) in [5.41, 5.74) is 3.95. The lowest BCUT2D eigenvalue weighted by Crippen LogP contribution is -2.33. The number of hydrogen-bond donors (Lipinski definition) is 2. The van der Waals surface area contributed by atoms with Crippen LogP contribution in [0.3, 0.4) is 0 Å². The van der Waals surface area contributed by atoms with E-state index in [1.165, 1.54) is 19.3 Å². The average Bonchev–Trinajstić information content (AvgIpc) is 3.49. The fourth-order valence-electron chi connectivity index (χ4n) is 4.48. The number of aryl methyl sites for hydroxylation is 1. The maximum absolute atomic E-state index is 12.9. The number of piperidine rings is 1. The third-order valence-electron chi connectivity index (χ3n) is 6.67. The first kappa shape index (κ1) is 25.5. The summed E-state index contributed by atoms with van der Waals surface area (Å²) in [5.74, 6) is 2.03. The van der Waals surface area contributed by atoms with Crippen LogP contribution in [-0.2, 0) is 6.61 Å². The number of anilines is 1. The highest BCUT2D eigenvalue weighted by Gasteiger charge is 2.12. The maximum atomic E-state index is 12.9. The van der Waals surface area contributed by atoms with Gasteiger partial charge in [-0.25, -0.2) is 4.98 Å². The minimum absolute atomic E-state index is 0.188. The van der Waals surface area contributed by atoms with Crippen LogP contribution in [0.1, 0.15) is 40.9 Å². The monoisotopic (exact) mass is 511 g/mol. The number of aromatic nitrogens is 3. The maximum Gasteiger partial charge on any atom is 0.255 e. The van der Waals surface area contributed by atoms with E-state index in [1.54, 1.807) is 42.9 Å². The van der Waals surface area contributed by atoms with Crippen molar-refractivity contribution in [2.75, 3.05) is 31.6 Å². The molecule has 1 aliphatic rings. The highest BCUT2D eigenvalue weighted by Crippen LogP contribution is 2.24. The molecule has 0 bridgehead atoms. The Morgan fingerprint density at radius 1 is 0.947 bits per heavy atom. The molecule has 1 amide bonds. The molecule has 0 radical (unpaired) electrons. The Labute approximate surface area is 223 Å². The number of carbonyl (C=O) groups excluding carboxylic acids is 1. The van der Waals surface area contributed by atoms with Gasteiger partial charge in [-0.1, -0.05) is 18.6 Å². The van der Waals surface area contributed by atoms with Crippen LogP contribution in [0.15, 0.2) is 73.2 Å². The summed E-state index contributed by atoms with van der Waals surface area (Å²) in [6.45, 7) is 6.22. The molecule has 2 aromatic heterocycles. The number of amides is 1. The summed E-state index contributed by atoms with van der Waals surface area (Å²) in [6, 6.07) is 16.7. The third-order valence-corrected chi connectivity index (χ3v) is 6.67. The van der Waals surface area contributed by atoms with Crippen LogP contribution in [0, 0.1) is 6.92 Å². The minimum atomic E-state index is -0.188. The molecule has 4 aromatic rings. The van der Waals surface area contributed by atoms with Gasteiger partial charge in [-0.05, 0) is 74.8 Å². The van der Waals surface area contributed by atoms with Gasteiger partial charge in [0.05, 0.1) is 5.69 Å². The molecule has 0 aliphatic carbocycles. The molecule has 38 heavy (non-hydrogen) atoms.